The summed E-state index contributed by atoms with van der Waals surface area (Å²) in [6.45, 7) is 1.60. The molecule has 0 atom stereocenters. The van der Waals surface area contributed by atoms with Gasteiger partial charge in [0.05, 0.1) is 5.56 Å². The van der Waals surface area contributed by atoms with Crippen LogP contribution >= 0.6 is 0 Å². The Kier molecular flexibility index (Phi) is 5.24. The average molecular weight is 304 g/mol. The number of ketones is 1. The Bertz CT molecular complexity index is 624. The van der Waals surface area contributed by atoms with Gasteiger partial charge in [-0.1, -0.05) is 12.1 Å². The molecule has 0 aliphatic carbocycles. The summed E-state index contributed by atoms with van der Waals surface area (Å²) in [6, 6.07) is 6.86. The van der Waals surface area contributed by atoms with E-state index in [1.54, 1.807) is 24.3 Å². The molecule has 0 saturated heterocycles. The average Bonchev–Trinajstić information content (AvgIpc) is 2.52. The van der Waals surface area contributed by atoms with E-state index >= 15 is 0 Å². The Hall–Kier alpha value is -2.70. The second-order valence-electron chi connectivity index (χ2n) is 4.63. The second kappa shape index (κ2) is 7.35. The van der Waals surface area contributed by atoms with E-state index in [1.165, 1.54) is 6.92 Å². The first-order valence-corrected chi connectivity index (χ1v) is 6.83. The van der Waals surface area contributed by atoms with Crippen LogP contribution in [0.2, 0.25) is 0 Å². The molecule has 0 bridgehead atoms. The maximum atomic E-state index is 11.7. The highest BCUT2D eigenvalue weighted by Crippen LogP contribution is 2.18. The number of benzene rings is 1. The van der Waals surface area contributed by atoms with Crippen molar-refractivity contribution in [3.63, 3.8) is 0 Å². The van der Waals surface area contributed by atoms with E-state index in [-0.39, 0.29) is 43.5 Å². The number of ether oxygens (including phenoxy) is 2. The molecule has 22 heavy (non-hydrogen) atoms. The van der Waals surface area contributed by atoms with E-state index in [0.29, 0.717) is 11.3 Å². The molecule has 1 aromatic carbocycles. The minimum absolute atomic E-state index is 0.0258. The molecule has 1 aliphatic rings. The van der Waals surface area contributed by atoms with E-state index < -0.39 is 5.97 Å². The summed E-state index contributed by atoms with van der Waals surface area (Å²) in [5.74, 6) is -0.447. The minimum atomic E-state index is -0.580. The quantitative estimate of drug-likeness (QED) is 0.482. The van der Waals surface area contributed by atoms with E-state index in [1.807, 2.05) is 0 Å². The summed E-state index contributed by atoms with van der Waals surface area (Å²) in [5, 5.41) is 3.64. The van der Waals surface area contributed by atoms with Gasteiger partial charge in [-0.3, -0.25) is 9.59 Å². The molecule has 0 unspecified atom stereocenters. The van der Waals surface area contributed by atoms with Crippen LogP contribution < -0.4 is 10.2 Å². The number of para-hydroxylation sites is 1. The van der Waals surface area contributed by atoms with Gasteiger partial charge in [0.15, 0.2) is 5.78 Å². The fourth-order valence-corrected chi connectivity index (χ4v) is 1.87. The summed E-state index contributed by atoms with van der Waals surface area (Å²) in [5.41, 5.74) is 2.89. The van der Waals surface area contributed by atoms with Crippen LogP contribution in [0.3, 0.4) is 0 Å². The molecule has 1 heterocycles. The molecule has 0 radical (unpaired) electrons. The number of carbonyl (C=O) groups is 3. The lowest BCUT2D eigenvalue weighted by molar-refractivity contribution is -0.136. The number of rotatable bonds is 6. The third-order valence-corrected chi connectivity index (χ3v) is 2.98. The Morgan fingerprint density at radius 3 is 2.68 bits per heavy atom. The van der Waals surface area contributed by atoms with Crippen LogP contribution in [-0.4, -0.2) is 36.6 Å². The number of nitrogens with zero attached hydrogens (tertiary/aromatic N) is 1. The van der Waals surface area contributed by atoms with E-state index in [0.717, 1.165) is 0 Å². The first-order valence-electron chi connectivity index (χ1n) is 6.83. The topological polar surface area (TPSA) is 94.1 Å². The summed E-state index contributed by atoms with van der Waals surface area (Å²) in [6.07, 6.45) is 0.481. The molecule has 2 rings (SSSR count). The summed E-state index contributed by atoms with van der Waals surface area (Å²) in [7, 11) is 0. The fourth-order valence-electron chi connectivity index (χ4n) is 1.87. The number of amides is 1. The third-order valence-electron chi connectivity index (χ3n) is 2.98. The van der Waals surface area contributed by atoms with Crippen molar-refractivity contribution >= 4 is 23.4 Å². The smallest absolute Gasteiger partial charge is 0.354 e. The predicted molar refractivity (Wildman–Crippen MR) is 77.7 cm³/mol. The van der Waals surface area contributed by atoms with Gasteiger partial charge in [0, 0.05) is 12.8 Å². The SMILES string of the molecule is CC(=O)c1ccccc1OCCOC(=O)C1=NNC(=O)CC1. The monoisotopic (exact) mass is 304 g/mol. The maximum Gasteiger partial charge on any atom is 0.354 e. The number of carbonyl (C=O) groups excluding carboxylic acids is 3. The summed E-state index contributed by atoms with van der Waals surface area (Å²) < 4.78 is 10.5. The number of esters is 1. The van der Waals surface area contributed by atoms with Crippen molar-refractivity contribution in [1.82, 2.24) is 5.43 Å². The van der Waals surface area contributed by atoms with Gasteiger partial charge in [0.2, 0.25) is 5.91 Å². The highest BCUT2D eigenvalue weighted by atomic mass is 16.6. The van der Waals surface area contributed by atoms with Gasteiger partial charge in [0.1, 0.15) is 24.7 Å². The largest absolute Gasteiger partial charge is 0.489 e. The number of Topliss-reactive ketones (excluding diaryl/α,β-unsaturated/α-hetero) is 1. The molecular weight excluding hydrogens is 288 g/mol. The molecule has 7 heteroatoms. The number of hydrazone groups is 1. The Morgan fingerprint density at radius 1 is 1.23 bits per heavy atom. The highest BCUT2D eigenvalue weighted by Gasteiger charge is 2.19. The van der Waals surface area contributed by atoms with Crippen LogP contribution in [0.4, 0.5) is 0 Å². The van der Waals surface area contributed by atoms with E-state index in [9.17, 15) is 14.4 Å². The van der Waals surface area contributed by atoms with Crippen molar-refractivity contribution in [2.45, 2.75) is 19.8 Å². The third kappa shape index (κ3) is 4.15. The number of hydrogen-bond acceptors (Lipinski definition) is 6. The van der Waals surface area contributed by atoms with Gasteiger partial charge < -0.3 is 9.47 Å². The summed E-state index contributed by atoms with van der Waals surface area (Å²) in [4.78, 5) is 34.0. The van der Waals surface area contributed by atoms with Crippen molar-refractivity contribution < 1.29 is 23.9 Å². The van der Waals surface area contributed by atoms with E-state index in [4.69, 9.17) is 9.47 Å². The normalized spacial score (nSPS) is 13.9. The molecule has 0 spiro atoms. The van der Waals surface area contributed by atoms with Crippen LogP contribution in [0.5, 0.6) is 5.75 Å². The van der Waals surface area contributed by atoms with Crippen molar-refractivity contribution in [1.29, 1.82) is 0 Å². The van der Waals surface area contributed by atoms with Crippen LogP contribution in [0.25, 0.3) is 0 Å². The number of nitrogens with one attached hydrogen (secondary N) is 1. The molecule has 7 nitrogen and oxygen atoms in total. The Morgan fingerprint density at radius 2 is 2.00 bits per heavy atom. The molecular formula is C15H16N2O5. The van der Waals surface area contributed by atoms with Gasteiger partial charge in [-0.2, -0.15) is 5.10 Å². The second-order valence-corrected chi connectivity index (χ2v) is 4.63. The van der Waals surface area contributed by atoms with Crippen LogP contribution in [0.15, 0.2) is 29.4 Å². The Labute approximate surface area is 127 Å². The van der Waals surface area contributed by atoms with Gasteiger partial charge in [-0.05, 0) is 19.1 Å². The van der Waals surface area contributed by atoms with Crippen LogP contribution in [0.1, 0.15) is 30.1 Å². The molecule has 1 amide bonds. The highest BCUT2D eigenvalue weighted by molar-refractivity contribution is 6.37. The Balaban J connectivity index is 1.79. The molecule has 0 aromatic heterocycles. The van der Waals surface area contributed by atoms with Gasteiger partial charge in [-0.15, -0.1) is 0 Å². The van der Waals surface area contributed by atoms with Crippen molar-refractivity contribution in [2.75, 3.05) is 13.2 Å². The lowest BCUT2D eigenvalue weighted by Gasteiger charge is -2.12. The van der Waals surface area contributed by atoms with Gasteiger partial charge >= 0.3 is 5.97 Å². The molecule has 1 aromatic rings. The molecule has 1 N–H and O–H groups in total. The lowest BCUT2D eigenvalue weighted by Crippen LogP contribution is -2.31. The van der Waals surface area contributed by atoms with Gasteiger partial charge in [0.25, 0.3) is 0 Å². The number of hydrogen-bond donors (Lipinski definition) is 1. The van der Waals surface area contributed by atoms with Crippen molar-refractivity contribution in [3.8, 4) is 5.75 Å². The first-order chi connectivity index (χ1) is 10.6. The van der Waals surface area contributed by atoms with Crippen molar-refractivity contribution in [3.05, 3.63) is 29.8 Å². The van der Waals surface area contributed by atoms with Crippen molar-refractivity contribution in [2.24, 2.45) is 5.10 Å². The van der Waals surface area contributed by atoms with Gasteiger partial charge in [-0.25, -0.2) is 10.2 Å². The molecule has 1 aliphatic heterocycles. The van der Waals surface area contributed by atoms with Crippen LogP contribution in [0, 0.1) is 0 Å². The lowest BCUT2D eigenvalue weighted by atomic mass is 10.1. The fraction of sp³-hybridized carbons (Fsp3) is 0.333. The molecule has 0 fully saturated rings. The zero-order valence-electron chi connectivity index (χ0n) is 12.1. The summed E-state index contributed by atoms with van der Waals surface area (Å²) >= 11 is 0. The molecule has 116 valence electrons. The van der Waals surface area contributed by atoms with E-state index in [2.05, 4.69) is 10.5 Å². The zero-order chi connectivity index (χ0) is 15.9. The molecule has 0 saturated carbocycles. The minimum Gasteiger partial charge on any atom is -0.489 e. The standard InChI is InChI=1S/C15H16N2O5/c1-10(18)11-4-2-3-5-13(11)21-8-9-22-15(20)12-6-7-14(19)17-16-12/h2-5H,6-9H2,1H3,(H,17,19). The maximum absolute atomic E-state index is 11.7. The van der Waals surface area contributed by atoms with Crippen LogP contribution in [-0.2, 0) is 14.3 Å². The zero-order valence-corrected chi connectivity index (χ0v) is 12.1. The first kappa shape index (κ1) is 15.7. The predicted octanol–water partition coefficient (Wildman–Crippen LogP) is 1.08.